The minimum atomic E-state index is 0.463. The van der Waals surface area contributed by atoms with Crippen LogP contribution in [0.3, 0.4) is 0 Å². The Hall–Kier alpha value is -1.48. The molecular weight excluding hydrogens is 224 g/mol. The third-order valence-corrected chi connectivity index (χ3v) is 3.02. The normalized spacial score (nSPS) is 10.7. The first-order valence-electron chi connectivity index (χ1n) is 5.14. The summed E-state index contributed by atoms with van der Waals surface area (Å²) in [5.41, 5.74) is 8.64. The van der Waals surface area contributed by atoms with Gasteiger partial charge in [-0.05, 0) is 37.1 Å². The minimum Gasteiger partial charge on any atom is -0.381 e. The van der Waals surface area contributed by atoms with Gasteiger partial charge < -0.3 is 10.3 Å². The molecule has 0 unspecified atom stereocenters. The lowest BCUT2D eigenvalue weighted by atomic mass is 10.0. The Morgan fingerprint density at radius 3 is 2.81 bits per heavy atom. The van der Waals surface area contributed by atoms with Crippen molar-refractivity contribution in [1.82, 2.24) is 5.16 Å². The maximum atomic E-state index is 5.98. The van der Waals surface area contributed by atoms with Crippen molar-refractivity contribution in [2.45, 2.75) is 20.3 Å². The van der Waals surface area contributed by atoms with Gasteiger partial charge in [-0.1, -0.05) is 23.7 Å². The second-order valence-corrected chi connectivity index (χ2v) is 4.10. The van der Waals surface area contributed by atoms with Crippen molar-refractivity contribution in [2.24, 2.45) is 0 Å². The molecule has 0 saturated carbocycles. The zero-order chi connectivity index (χ0) is 11.7. The van der Waals surface area contributed by atoms with E-state index in [-0.39, 0.29) is 0 Å². The molecule has 0 bridgehead atoms. The molecule has 1 aromatic carbocycles. The first-order chi connectivity index (χ1) is 7.63. The predicted molar refractivity (Wildman–Crippen MR) is 65.5 cm³/mol. The smallest absolute Gasteiger partial charge is 0.172 e. The van der Waals surface area contributed by atoms with Crippen LogP contribution in [0.15, 0.2) is 22.7 Å². The number of nitrogen functional groups attached to an aromatic ring is 1. The van der Waals surface area contributed by atoms with Crippen molar-refractivity contribution in [3.63, 3.8) is 0 Å². The van der Waals surface area contributed by atoms with Crippen molar-refractivity contribution in [3.8, 4) is 11.3 Å². The largest absolute Gasteiger partial charge is 0.381 e. The molecule has 4 heteroatoms. The minimum absolute atomic E-state index is 0.463. The van der Waals surface area contributed by atoms with Crippen LogP contribution in [0.25, 0.3) is 11.3 Å². The summed E-state index contributed by atoms with van der Waals surface area (Å²) in [6.45, 7) is 3.98. The first kappa shape index (κ1) is 11.0. The van der Waals surface area contributed by atoms with Crippen LogP contribution in [-0.4, -0.2) is 5.16 Å². The number of benzene rings is 1. The van der Waals surface area contributed by atoms with Gasteiger partial charge in [0, 0.05) is 16.1 Å². The maximum absolute atomic E-state index is 5.98. The van der Waals surface area contributed by atoms with Crippen LogP contribution in [0.2, 0.25) is 5.02 Å². The molecule has 0 saturated heterocycles. The van der Waals surface area contributed by atoms with Gasteiger partial charge in [0.2, 0.25) is 0 Å². The van der Waals surface area contributed by atoms with Gasteiger partial charge in [-0.2, -0.15) is 0 Å². The zero-order valence-electron chi connectivity index (χ0n) is 9.25. The summed E-state index contributed by atoms with van der Waals surface area (Å²) in [6.07, 6.45) is 0.798. The number of nitrogens with zero attached hydrogens (tertiary/aromatic N) is 1. The van der Waals surface area contributed by atoms with Crippen LogP contribution in [-0.2, 0) is 6.42 Å². The van der Waals surface area contributed by atoms with Crippen LogP contribution < -0.4 is 5.73 Å². The van der Waals surface area contributed by atoms with Crippen LogP contribution in [0.5, 0.6) is 0 Å². The topological polar surface area (TPSA) is 52.0 Å². The number of rotatable bonds is 2. The standard InChI is InChI=1S/C12H13ClN2O/c1-3-9-11(16-15-12(9)14)8-4-5-10(13)7(2)6-8/h4-6H,3H2,1-2H3,(H2,14,15). The number of nitrogens with two attached hydrogens (primary N) is 1. The summed E-state index contributed by atoms with van der Waals surface area (Å²) >= 11 is 5.98. The van der Waals surface area contributed by atoms with Crippen LogP contribution >= 0.6 is 11.6 Å². The summed E-state index contributed by atoms with van der Waals surface area (Å²) in [7, 11) is 0. The predicted octanol–water partition coefficient (Wildman–Crippen LogP) is 3.45. The van der Waals surface area contributed by atoms with Gasteiger partial charge in [-0.15, -0.1) is 0 Å². The van der Waals surface area contributed by atoms with E-state index in [2.05, 4.69) is 5.16 Å². The summed E-state index contributed by atoms with van der Waals surface area (Å²) in [6, 6.07) is 5.74. The Labute approximate surface area is 99.2 Å². The van der Waals surface area contributed by atoms with Gasteiger partial charge in [0.15, 0.2) is 11.6 Å². The zero-order valence-corrected chi connectivity index (χ0v) is 10.0. The Balaban J connectivity index is 2.54. The molecule has 1 heterocycles. The van der Waals surface area contributed by atoms with Crippen LogP contribution in [0.1, 0.15) is 18.1 Å². The molecule has 2 N–H and O–H groups in total. The monoisotopic (exact) mass is 236 g/mol. The number of hydrogen-bond donors (Lipinski definition) is 1. The van der Waals surface area contributed by atoms with Crippen molar-refractivity contribution in [3.05, 3.63) is 34.3 Å². The average molecular weight is 237 g/mol. The molecule has 0 spiro atoms. The number of anilines is 1. The lowest BCUT2D eigenvalue weighted by Gasteiger charge is -2.02. The number of aryl methyl sites for hydroxylation is 1. The van der Waals surface area contributed by atoms with E-state index in [1.54, 1.807) is 0 Å². The SMILES string of the molecule is CCc1c(N)noc1-c1ccc(Cl)c(C)c1. The number of halogens is 1. The Kier molecular flexibility index (Phi) is 2.88. The van der Waals surface area contributed by atoms with Crippen LogP contribution in [0.4, 0.5) is 5.82 Å². The Morgan fingerprint density at radius 1 is 1.44 bits per heavy atom. The van der Waals surface area contributed by atoms with E-state index in [0.717, 1.165) is 33.9 Å². The molecule has 3 nitrogen and oxygen atoms in total. The fourth-order valence-corrected chi connectivity index (χ4v) is 1.79. The second kappa shape index (κ2) is 4.18. The highest BCUT2D eigenvalue weighted by Crippen LogP contribution is 2.30. The molecule has 2 aromatic rings. The van der Waals surface area contributed by atoms with Crippen molar-refractivity contribution < 1.29 is 4.52 Å². The Bertz CT molecular complexity index is 520. The summed E-state index contributed by atoms with van der Waals surface area (Å²) in [5.74, 6) is 1.20. The van der Waals surface area contributed by atoms with E-state index in [9.17, 15) is 0 Å². The fourth-order valence-electron chi connectivity index (χ4n) is 1.68. The molecule has 1 aromatic heterocycles. The van der Waals surface area contributed by atoms with Crippen LogP contribution in [0, 0.1) is 6.92 Å². The van der Waals surface area contributed by atoms with E-state index in [1.165, 1.54) is 0 Å². The lowest BCUT2D eigenvalue weighted by molar-refractivity contribution is 0.435. The highest BCUT2D eigenvalue weighted by atomic mass is 35.5. The number of aromatic nitrogens is 1. The molecule has 16 heavy (non-hydrogen) atoms. The highest BCUT2D eigenvalue weighted by molar-refractivity contribution is 6.31. The molecule has 0 aliphatic heterocycles. The molecule has 0 radical (unpaired) electrons. The van der Waals surface area contributed by atoms with Gasteiger partial charge in [0.05, 0.1) is 0 Å². The molecule has 0 fully saturated rings. The van der Waals surface area contributed by atoms with E-state index in [1.807, 2.05) is 32.0 Å². The van der Waals surface area contributed by atoms with Gasteiger partial charge in [-0.3, -0.25) is 0 Å². The second-order valence-electron chi connectivity index (χ2n) is 3.69. The molecule has 2 rings (SSSR count). The van der Waals surface area contributed by atoms with Crippen molar-refractivity contribution in [2.75, 3.05) is 5.73 Å². The quantitative estimate of drug-likeness (QED) is 0.869. The van der Waals surface area contributed by atoms with Gasteiger partial charge in [0.1, 0.15) is 0 Å². The third kappa shape index (κ3) is 1.78. The summed E-state index contributed by atoms with van der Waals surface area (Å²) in [5, 5.41) is 4.53. The molecule has 0 atom stereocenters. The highest BCUT2D eigenvalue weighted by Gasteiger charge is 2.14. The van der Waals surface area contributed by atoms with E-state index in [0.29, 0.717) is 5.82 Å². The molecule has 0 aliphatic rings. The van der Waals surface area contributed by atoms with E-state index >= 15 is 0 Å². The lowest BCUT2D eigenvalue weighted by Crippen LogP contribution is -1.91. The first-order valence-corrected chi connectivity index (χ1v) is 5.51. The average Bonchev–Trinajstić information content (AvgIpc) is 2.63. The fraction of sp³-hybridized carbons (Fsp3) is 0.250. The molecule has 0 amide bonds. The molecule has 0 aliphatic carbocycles. The maximum Gasteiger partial charge on any atom is 0.172 e. The van der Waals surface area contributed by atoms with Crippen molar-refractivity contribution in [1.29, 1.82) is 0 Å². The van der Waals surface area contributed by atoms with Gasteiger partial charge in [-0.25, -0.2) is 0 Å². The third-order valence-electron chi connectivity index (χ3n) is 2.59. The Morgan fingerprint density at radius 2 is 2.19 bits per heavy atom. The molecule has 84 valence electrons. The van der Waals surface area contributed by atoms with Gasteiger partial charge >= 0.3 is 0 Å². The van der Waals surface area contributed by atoms with Gasteiger partial charge in [0.25, 0.3) is 0 Å². The van der Waals surface area contributed by atoms with E-state index < -0.39 is 0 Å². The van der Waals surface area contributed by atoms with E-state index in [4.69, 9.17) is 21.9 Å². The summed E-state index contributed by atoms with van der Waals surface area (Å²) < 4.78 is 5.25. The van der Waals surface area contributed by atoms with Crippen molar-refractivity contribution >= 4 is 17.4 Å². The molecular formula is C12H13ClN2O. The number of hydrogen-bond acceptors (Lipinski definition) is 3. The summed E-state index contributed by atoms with van der Waals surface area (Å²) in [4.78, 5) is 0.